The summed E-state index contributed by atoms with van der Waals surface area (Å²) in [5.74, 6) is -0.189. The van der Waals surface area contributed by atoms with Crippen LogP contribution in [0.25, 0.3) is 16.5 Å². The molecule has 0 unspecified atom stereocenters. The maximum absolute atomic E-state index is 13.4. The third-order valence-corrected chi connectivity index (χ3v) is 8.91. The van der Waals surface area contributed by atoms with Crippen LogP contribution in [0.1, 0.15) is 83.8 Å². The van der Waals surface area contributed by atoms with Gasteiger partial charge in [0, 0.05) is 28.2 Å². The van der Waals surface area contributed by atoms with E-state index in [1.54, 1.807) is 6.08 Å². The molecular weight excluding hydrogens is 540 g/mol. The Labute approximate surface area is 254 Å². The highest BCUT2D eigenvalue weighted by Gasteiger charge is 2.22. The van der Waals surface area contributed by atoms with E-state index in [9.17, 15) is 10.1 Å². The zero-order valence-electron chi connectivity index (χ0n) is 25.0. The molecule has 5 rings (SSSR count). The Morgan fingerprint density at radius 1 is 1.19 bits per heavy atom. The maximum atomic E-state index is 13.4. The lowest BCUT2D eigenvalue weighted by molar-refractivity contribution is 0.103. The molecule has 2 aliphatic rings. The number of H-pyrrole nitrogens is 1. The van der Waals surface area contributed by atoms with E-state index in [2.05, 4.69) is 73.4 Å². The first-order valence-corrected chi connectivity index (χ1v) is 15.5. The van der Waals surface area contributed by atoms with Gasteiger partial charge in [0.05, 0.1) is 5.02 Å². The largest absolute Gasteiger partial charge is 0.357 e. The van der Waals surface area contributed by atoms with Crippen LogP contribution in [-0.4, -0.2) is 42.3 Å². The quantitative estimate of drug-likeness (QED) is 0.267. The summed E-state index contributed by atoms with van der Waals surface area (Å²) in [5.41, 5.74) is 15.9. The van der Waals surface area contributed by atoms with Crippen molar-refractivity contribution in [2.75, 3.05) is 20.6 Å². The molecule has 0 radical (unpaired) electrons. The van der Waals surface area contributed by atoms with Crippen molar-refractivity contribution in [3.8, 4) is 6.07 Å². The Morgan fingerprint density at radius 3 is 2.76 bits per heavy atom. The molecule has 3 N–H and O–H groups in total. The van der Waals surface area contributed by atoms with Gasteiger partial charge in [-0.25, -0.2) is 0 Å². The Balaban J connectivity index is 1.49. The number of carbonyl (C=O) groups is 1. The summed E-state index contributed by atoms with van der Waals surface area (Å²) in [4.78, 5) is 19.2. The molecule has 0 aliphatic heterocycles. The summed E-state index contributed by atoms with van der Waals surface area (Å²) in [6.45, 7) is 3.12. The minimum absolute atomic E-state index is 0.189. The second-order valence-corrected chi connectivity index (χ2v) is 12.4. The number of halogens is 1. The highest BCUT2D eigenvalue weighted by Crippen LogP contribution is 2.38. The van der Waals surface area contributed by atoms with Crippen LogP contribution in [0, 0.1) is 11.3 Å². The molecule has 42 heavy (non-hydrogen) atoms. The van der Waals surface area contributed by atoms with Gasteiger partial charge >= 0.3 is 0 Å². The summed E-state index contributed by atoms with van der Waals surface area (Å²) in [5, 5.41) is 11.7. The number of aromatic amines is 1. The first-order valence-electron chi connectivity index (χ1n) is 15.2. The number of aromatic nitrogens is 1. The molecule has 0 saturated carbocycles. The number of hydrogen-bond donors (Lipinski definition) is 2. The van der Waals surface area contributed by atoms with Crippen molar-refractivity contribution in [3.63, 3.8) is 0 Å². The highest BCUT2D eigenvalue weighted by atomic mass is 35.5. The number of hydrogen-bond acceptors (Lipinski definition) is 4. The molecule has 6 heteroatoms. The lowest BCUT2D eigenvalue weighted by atomic mass is 9.91. The predicted octanol–water partition coefficient (Wildman–Crippen LogP) is 7.72. The molecule has 0 spiro atoms. The molecule has 218 valence electrons. The van der Waals surface area contributed by atoms with Crippen molar-refractivity contribution >= 4 is 33.9 Å². The molecule has 0 amide bonds. The van der Waals surface area contributed by atoms with E-state index in [4.69, 9.17) is 17.3 Å². The van der Waals surface area contributed by atoms with Crippen LogP contribution in [-0.2, 0) is 19.3 Å². The summed E-state index contributed by atoms with van der Waals surface area (Å²) < 4.78 is 0. The molecule has 5 nitrogen and oxygen atoms in total. The Kier molecular flexibility index (Phi) is 9.48. The number of nitrogens with one attached hydrogen (secondary N) is 1. The summed E-state index contributed by atoms with van der Waals surface area (Å²) in [7, 11) is 4.13. The van der Waals surface area contributed by atoms with Crippen LogP contribution in [0.5, 0.6) is 0 Å². The maximum Gasteiger partial charge on any atom is 0.203 e. The molecule has 2 aliphatic carbocycles. The van der Waals surface area contributed by atoms with Crippen molar-refractivity contribution in [1.29, 1.82) is 5.26 Å². The number of allylic oxidation sites excluding steroid dienone is 5. The van der Waals surface area contributed by atoms with Crippen LogP contribution in [0.3, 0.4) is 0 Å². The monoisotopic (exact) mass is 580 g/mol. The van der Waals surface area contributed by atoms with Crippen LogP contribution in [0.15, 0.2) is 59.7 Å². The highest BCUT2D eigenvalue weighted by molar-refractivity contribution is 6.37. The second kappa shape index (κ2) is 13.3. The van der Waals surface area contributed by atoms with E-state index in [0.717, 1.165) is 95.4 Å². The van der Waals surface area contributed by atoms with Crippen molar-refractivity contribution in [2.24, 2.45) is 5.73 Å². The van der Waals surface area contributed by atoms with Gasteiger partial charge in [0.15, 0.2) is 0 Å². The molecule has 3 aromatic rings. The fourth-order valence-electron chi connectivity index (χ4n) is 6.23. The molecule has 0 fully saturated rings. The van der Waals surface area contributed by atoms with Gasteiger partial charge in [-0.15, -0.1) is 0 Å². The average molecular weight is 581 g/mol. The Morgan fingerprint density at radius 2 is 2.00 bits per heavy atom. The number of ketones is 1. The van der Waals surface area contributed by atoms with E-state index < -0.39 is 0 Å². The van der Waals surface area contributed by atoms with Gasteiger partial charge in [0.1, 0.15) is 11.6 Å². The lowest BCUT2D eigenvalue weighted by Crippen LogP contribution is -2.17. The third kappa shape index (κ3) is 6.63. The fourth-order valence-corrected chi connectivity index (χ4v) is 6.61. The Hall–Kier alpha value is -3.43. The second-order valence-electron chi connectivity index (χ2n) is 12.0. The van der Waals surface area contributed by atoms with E-state index in [1.165, 1.54) is 11.1 Å². The number of benzene rings is 2. The van der Waals surface area contributed by atoms with Gasteiger partial charge in [-0.3, -0.25) is 4.79 Å². The van der Waals surface area contributed by atoms with Gasteiger partial charge in [-0.1, -0.05) is 48.9 Å². The van der Waals surface area contributed by atoms with E-state index in [0.29, 0.717) is 18.4 Å². The molecule has 1 heterocycles. The van der Waals surface area contributed by atoms with E-state index >= 15 is 0 Å². The van der Waals surface area contributed by atoms with Crippen LogP contribution in [0.2, 0.25) is 5.02 Å². The molecule has 1 aromatic heterocycles. The van der Waals surface area contributed by atoms with Crippen LogP contribution in [0.4, 0.5) is 0 Å². The summed E-state index contributed by atoms with van der Waals surface area (Å²) >= 11 is 6.91. The van der Waals surface area contributed by atoms with Crippen molar-refractivity contribution in [1.82, 2.24) is 9.88 Å². The van der Waals surface area contributed by atoms with Gasteiger partial charge in [-0.2, -0.15) is 5.26 Å². The first-order chi connectivity index (χ1) is 20.3. The topological polar surface area (TPSA) is 85.9 Å². The van der Waals surface area contributed by atoms with Crippen molar-refractivity contribution in [2.45, 2.75) is 70.8 Å². The third-order valence-electron chi connectivity index (χ3n) is 8.49. The van der Waals surface area contributed by atoms with Gasteiger partial charge in [-0.05, 0) is 130 Å². The van der Waals surface area contributed by atoms with Gasteiger partial charge in [0.25, 0.3) is 0 Å². The smallest absolute Gasteiger partial charge is 0.203 e. The molecule has 0 saturated heterocycles. The van der Waals surface area contributed by atoms with E-state index in [1.807, 2.05) is 6.07 Å². The number of nitriles is 1. The number of nitrogens with two attached hydrogens (primary N) is 1. The van der Waals surface area contributed by atoms with Crippen LogP contribution < -0.4 is 5.73 Å². The zero-order chi connectivity index (χ0) is 29.8. The minimum Gasteiger partial charge on any atom is -0.357 e. The molecule has 0 bridgehead atoms. The standard InChI is InChI=1S/C36H41ClN4O/c1-4-32-35(37)34-30(26-9-7-10-29(39)14-13-26)20-25(21-33(34)40-32)16-24-11-12-27-17-23(8-5-6-15-41(2)3)18-28(22-38)36(42)31(27)19-24/h8,11-13,18-21,29,40H,4-7,9-10,14-17,39H2,1-3H3/t29-/m1/s1. The number of rotatable bonds is 8. The molecule has 1 atom stereocenters. The average Bonchev–Trinajstić information content (AvgIpc) is 3.08. The Bertz CT molecular complexity index is 1630. The number of aryl methyl sites for hydroxylation is 1. The van der Waals surface area contributed by atoms with Crippen LogP contribution >= 0.6 is 11.6 Å². The summed E-state index contributed by atoms with van der Waals surface area (Å²) in [6.07, 6.45) is 14.3. The number of fused-ring (bicyclic) bond motifs is 2. The van der Waals surface area contributed by atoms with Gasteiger partial charge in [0.2, 0.25) is 5.78 Å². The first kappa shape index (κ1) is 30.0. The van der Waals surface area contributed by atoms with E-state index in [-0.39, 0.29) is 17.4 Å². The summed E-state index contributed by atoms with van der Waals surface area (Å²) in [6, 6.07) is 13.0. The zero-order valence-corrected chi connectivity index (χ0v) is 25.8. The van der Waals surface area contributed by atoms with Crippen molar-refractivity contribution in [3.05, 3.63) is 98.2 Å². The predicted molar refractivity (Wildman–Crippen MR) is 174 cm³/mol. The SMILES string of the molecule is CCc1[nH]c2cc(Cc3ccc4c(c3)C(=O)C(C#N)=CC(=CCCCN(C)C)C4)cc(C3=CC[C@H](N)CCC3)c2c1Cl. The molecular formula is C36H41ClN4O. The minimum atomic E-state index is -0.189. The number of nitrogens with zero attached hydrogens (tertiary/aromatic N) is 2. The normalized spacial score (nSPS) is 18.5. The number of unbranched alkanes of at least 4 members (excludes halogenated alkanes) is 1. The van der Waals surface area contributed by atoms with Crippen molar-refractivity contribution < 1.29 is 4.79 Å². The number of Topliss-reactive ketones (excluding diaryl/α,β-unsaturated/α-hetero) is 1. The number of carbonyl (C=O) groups excluding carboxylic acids is 1. The lowest BCUT2D eigenvalue weighted by Gasteiger charge is -2.13. The van der Waals surface area contributed by atoms with Gasteiger partial charge < -0.3 is 15.6 Å². The molecule has 2 aromatic carbocycles. The fraction of sp³-hybridized carbons (Fsp3) is 0.389.